The van der Waals surface area contributed by atoms with Crippen molar-refractivity contribution in [2.45, 2.75) is 26.2 Å². The quantitative estimate of drug-likeness (QED) is 0.637. The molecule has 0 spiro atoms. The van der Waals surface area contributed by atoms with Gasteiger partial charge in [-0.3, -0.25) is 0 Å². The topological polar surface area (TPSA) is 0 Å². The lowest BCUT2D eigenvalue weighted by Crippen LogP contribution is -2.13. The standard InChI is InChI=1S/C16H20/c1-3-7-15-12-13(2)10-11-16(15)14-8-5-4-6-9-14/h3-6,8-9,11,13,15H,1,7,10,12H2,2H3. The van der Waals surface area contributed by atoms with Crippen LogP contribution in [0.1, 0.15) is 31.7 Å². The van der Waals surface area contributed by atoms with Crippen LogP contribution in [0.2, 0.25) is 0 Å². The number of rotatable bonds is 3. The van der Waals surface area contributed by atoms with Crippen LogP contribution in [0.5, 0.6) is 0 Å². The lowest BCUT2D eigenvalue weighted by atomic mass is 9.77. The molecule has 1 aliphatic carbocycles. The van der Waals surface area contributed by atoms with E-state index in [0.29, 0.717) is 5.92 Å². The molecule has 0 amide bonds. The molecule has 0 bridgehead atoms. The molecule has 0 heterocycles. The maximum Gasteiger partial charge on any atom is -0.0122 e. The number of hydrogen-bond acceptors (Lipinski definition) is 0. The summed E-state index contributed by atoms with van der Waals surface area (Å²) >= 11 is 0. The molecule has 0 saturated carbocycles. The number of allylic oxidation sites excluding steroid dienone is 3. The van der Waals surface area contributed by atoms with Crippen LogP contribution in [-0.2, 0) is 0 Å². The number of hydrogen-bond donors (Lipinski definition) is 0. The van der Waals surface area contributed by atoms with Gasteiger partial charge in [-0.1, -0.05) is 49.4 Å². The van der Waals surface area contributed by atoms with Crippen molar-refractivity contribution >= 4 is 5.57 Å². The minimum absolute atomic E-state index is 0.670. The summed E-state index contributed by atoms with van der Waals surface area (Å²) in [5.41, 5.74) is 2.92. The molecule has 0 radical (unpaired) electrons. The predicted molar refractivity (Wildman–Crippen MR) is 71.1 cm³/mol. The lowest BCUT2D eigenvalue weighted by Gasteiger charge is -2.27. The fourth-order valence-corrected chi connectivity index (χ4v) is 2.61. The Hall–Kier alpha value is -1.30. The summed E-state index contributed by atoms with van der Waals surface area (Å²) in [5.74, 6) is 1.49. The summed E-state index contributed by atoms with van der Waals surface area (Å²) in [6.45, 7) is 6.22. The Kier molecular flexibility index (Phi) is 3.61. The third-order valence-electron chi connectivity index (χ3n) is 3.43. The van der Waals surface area contributed by atoms with E-state index in [9.17, 15) is 0 Å². The van der Waals surface area contributed by atoms with Crippen LogP contribution in [0.25, 0.3) is 5.57 Å². The van der Waals surface area contributed by atoms with Crippen molar-refractivity contribution < 1.29 is 0 Å². The fourth-order valence-electron chi connectivity index (χ4n) is 2.61. The van der Waals surface area contributed by atoms with E-state index in [1.165, 1.54) is 24.0 Å². The van der Waals surface area contributed by atoms with Gasteiger partial charge in [0.2, 0.25) is 0 Å². The van der Waals surface area contributed by atoms with E-state index in [1.54, 1.807) is 0 Å². The second kappa shape index (κ2) is 5.16. The largest absolute Gasteiger partial charge is 0.103 e. The molecule has 84 valence electrons. The first-order valence-electron chi connectivity index (χ1n) is 6.17. The normalized spacial score (nSPS) is 24.9. The van der Waals surface area contributed by atoms with Gasteiger partial charge in [0.15, 0.2) is 0 Å². The Morgan fingerprint density at radius 1 is 1.31 bits per heavy atom. The minimum atomic E-state index is 0.670. The van der Waals surface area contributed by atoms with E-state index in [0.717, 1.165) is 12.3 Å². The highest BCUT2D eigenvalue weighted by Crippen LogP contribution is 2.37. The smallest absolute Gasteiger partial charge is 0.0122 e. The molecule has 0 aromatic heterocycles. The first-order chi connectivity index (χ1) is 7.81. The highest BCUT2D eigenvalue weighted by atomic mass is 14.3. The van der Waals surface area contributed by atoms with Gasteiger partial charge < -0.3 is 0 Å². The van der Waals surface area contributed by atoms with E-state index in [2.05, 4.69) is 56.0 Å². The third kappa shape index (κ3) is 2.44. The van der Waals surface area contributed by atoms with Crippen molar-refractivity contribution in [3.63, 3.8) is 0 Å². The van der Waals surface area contributed by atoms with Crippen molar-refractivity contribution in [1.29, 1.82) is 0 Å². The average molecular weight is 212 g/mol. The van der Waals surface area contributed by atoms with Crippen LogP contribution in [-0.4, -0.2) is 0 Å². The van der Waals surface area contributed by atoms with Gasteiger partial charge in [-0.2, -0.15) is 0 Å². The van der Waals surface area contributed by atoms with Crippen LogP contribution in [0.15, 0.2) is 49.1 Å². The van der Waals surface area contributed by atoms with Gasteiger partial charge in [0.25, 0.3) is 0 Å². The lowest BCUT2D eigenvalue weighted by molar-refractivity contribution is 0.441. The van der Waals surface area contributed by atoms with Gasteiger partial charge in [0.1, 0.15) is 0 Å². The molecular weight excluding hydrogens is 192 g/mol. The summed E-state index contributed by atoms with van der Waals surface area (Å²) in [7, 11) is 0. The first kappa shape index (κ1) is 11.2. The first-order valence-corrected chi connectivity index (χ1v) is 6.17. The summed E-state index contributed by atoms with van der Waals surface area (Å²) < 4.78 is 0. The maximum atomic E-state index is 3.88. The van der Waals surface area contributed by atoms with Crippen LogP contribution in [0.4, 0.5) is 0 Å². The third-order valence-corrected chi connectivity index (χ3v) is 3.43. The van der Waals surface area contributed by atoms with Crippen LogP contribution < -0.4 is 0 Å². The summed E-state index contributed by atoms with van der Waals surface area (Å²) in [5, 5.41) is 0. The Balaban J connectivity index is 2.27. The molecule has 1 aliphatic rings. The highest BCUT2D eigenvalue weighted by molar-refractivity contribution is 5.68. The molecule has 0 saturated heterocycles. The molecule has 0 fully saturated rings. The fraction of sp³-hybridized carbons (Fsp3) is 0.375. The van der Waals surface area contributed by atoms with Gasteiger partial charge >= 0.3 is 0 Å². The zero-order chi connectivity index (χ0) is 11.4. The molecule has 2 rings (SSSR count). The molecule has 0 N–H and O–H groups in total. The van der Waals surface area contributed by atoms with Crippen molar-refractivity contribution in [1.82, 2.24) is 0 Å². The van der Waals surface area contributed by atoms with Crippen molar-refractivity contribution in [3.05, 3.63) is 54.6 Å². The number of benzene rings is 1. The molecule has 1 aromatic rings. The second-order valence-electron chi connectivity index (χ2n) is 4.82. The maximum absolute atomic E-state index is 3.88. The Bertz CT molecular complexity index is 372. The van der Waals surface area contributed by atoms with Gasteiger partial charge in [0, 0.05) is 0 Å². The zero-order valence-corrected chi connectivity index (χ0v) is 10.0. The summed E-state index contributed by atoms with van der Waals surface area (Å²) in [6, 6.07) is 10.8. The monoisotopic (exact) mass is 212 g/mol. The van der Waals surface area contributed by atoms with Crippen LogP contribution in [0.3, 0.4) is 0 Å². The van der Waals surface area contributed by atoms with E-state index in [4.69, 9.17) is 0 Å². The van der Waals surface area contributed by atoms with Crippen LogP contribution in [0, 0.1) is 11.8 Å². The molecule has 0 nitrogen and oxygen atoms in total. The van der Waals surface area contributed by atoms with E-state index >= 15 is 0 Å². The minimum Gasteiger partial charge on any atom is -0.103 e. The molecule has 16 heavy (non-hydrogen) atoms. The van der Waals surface area contributed by atoms with E-state index in [1.807, 2.05) is 0 Å². The molecule has 2 unspecified atom stereocenters. The van der Waals surface area contributed by atoms with Gasteiger partial charge in [-0.25, -0.2) is 0 Å². The van der Waals surface area contributed by atoms with E-state index < -0.39 is 0 Å². The van der Waals surface area contributed by atoms with Crippen molar-refractivity contribution in [3.8, 4) is 0 Å². The highest BCUT2D eigenvalue weighted by Gasteiger charge is 2.21. The molecule has 0 aliphatic heterocycles. The molecular formula is C16H20. The van der Waals surface area contributed by atoms with Crippen LogP contribution >= 0.6 is 0 Å². The van der Waals surface area contributed by atoms with E-state index in [-0.39, 0.29) is 0 Å². The Morgan fingerprint density at radius 2 is 2.06 bits per heavy atom. The average Bonchev–Trinajstić information content (AvgIpc) is 2.31. The second-order valence-corrected chi connectivity index (χ2v) is 4.82. The summed E-state index contributed by atoms with van der Waals surface area (Å²) in [4.78, 5) is 0. The predicted octanol–water partition coefficient (Wildman–Crippen LogP) is 4.69. The summed E-state index contributed by atoms with van der Waals surface area (Å²) in [6.07, 6.45) is 8.10. The van der Waals surface area contributed by atoms with Gasteiger partial charge in [-0.05, 0) is 42.2 Å². The van der Waals surface area contributed by atoms with Gasteiger partial charge in [0.05, 0.1) is 0 Å². The SMILES string of the molecule is C=CCC1CC(C)CC=C1c1ccccc1. The Morgan fingerprint density at radius 3 is 2.75 bits per heavy atom. The zero-order valence-electron chi connectivity index (χ0n) is 10.0. The van der Waals surface area contributed by atoms with Crippen molar-refractivity contribution in [2.75, 3.05) is 0 Å². The molecule has 1 aromatic carbocycles. The molecule has 2 atom stereocenters. The van der Waals surface area contributed by atoms with Gasteiger partial charge in [-0.15, -0.1) is 6.58 Å². The van der Waals surface area contributed by atoms with Crippen molar-refractivity contribution in [2.24, 2.45) is 11.8 Å². The Labute approximate surface area is 98.7 Å². The molecule has 0 heteroatoms.